The molecular formula is C14H20N2O2. The summed E-state index contributed by atoms with van der Waals surface area (Å²) in [5, 5.41) is 12.9. The van der Waals surface area contributed by atoms with Crippen molar-refractivity contribution >= 4 is 11.7 Å². The number of rotatable bonds is 1. The minimum absolute atomic E-state index is 0.0844. The van der Waals surface area contributed by atoms with Crippen molar-refractivity contribution in [3.05, 3.63) is 30.3 Å². The summed E-state index contributed by atoms with van der Waals surface area (Å²) in [6.45, 7) is 3.14. The van der Waals surface area contributed by atoms with Crippen molar-refractivity contribution in [3.63, 3.8) is 0 Å². The number of urea groups is 1. The molecule has 0 aromatic heterocycles. The number of nitrogens with one attached hydrogen (secondary N) is 1. The molecule has 1 aromatic carbocycles. The van der Waals surface area contributed by atoms with Gasteiger partial charge in [0.25, 0.3) is 0 Å². The van der Waals surface area contributed by atoms with Crippen molar-refractivity contribution in [1.82, 2.24) is 4.90 Å². The van der Waals surface area contributed by atoms with Crippen LogP contribution < -0.4 is 5.32 Å². The summed E-state index contributed by atoms with van der Waals surface area (Å²) in [6, 6.07) is 9.35. The Balaban J connectivity index is 1.93. The number of amides is 2. The van der Waals surface area contributed by atoms with E-state index >= 15 is 0 Å². The van der Waals surface area contributed by atoms with Crippen LogP contribution in [0.3, 0.4) is 0 Å². The molecule has 0 bridgehead atoms. The summed E-state index contributed by atoms with van der Waals surface area (Å²) in [4.78, 5) is 13.8. The lowest BCUT2D eigenvalue weighted by atomic mass is 9.98. The van der Waals surface area contributed by atoms with Gasteiger partial charge in [-0.25, -0.2) is 4.79 Å². The summed E-state index contributed by atoms with van der Waals surface area (Å²) in [5.74, 6) is 0. The number of hydrogen-bond acceptors (Lipinski definition) is 2. The number of likely N-dealkylation sites (tertiary alicyclic amines) is 1. The molecule has 2 N–H and O–H groups in total. The number of carbonyl (C=O) groups excluding carboxylic acids is 1. The fourth-order valence-electron chi connectivity index (χ4n) is 2.19. The first kappa shape index (κ1) is 12.9. The minimum Gasteiger partial charge on any atom is -0.390 e. The van der Waals surface area contributed by atoms with E-state index in [-0.39, 0.29) is 6.03 Å². The van der Waals surface area contributed by atoms with Gasteiger partial charge in [0.1, 0.15) is 0 Å². The van der Waals surface area contributed by atoms with Crippen LogP contribution in [-0.4, -0.2) is 34.7 Å². The highest BCUT2D eigenvalue weighted by atomic mass is 16.3. The SMILES string of the molecule is CC1(O)CCCN(C(=O)Nc2ccccc2)CC1. The van der Waals surface area contributed by atoms with Crippen molar-refractivity contribution in [2.24, 2.45) is 0 Å². The van der Waals surface area contributed by atoms with Crippen LogP contribution in [0.15, 0.2) is 30.3 Å². The number of nitrogens with zero attached hydrogens (tertiary/aromatic N) is 1. The minimum atomic E-state index is -0.637. The summed E-state index contributed by atoms with van der Waals surface area (Å²) in [7, 11) is 0. The van der Waals surface area contributed by atoms with Crippen molar-refractivity contribution in [1.29, 1.82) is 0 Å². The van der Waals surface area contributed by atoms with Crippen LogP contribution in [0.2, 0.25) is 0 Å². The van der Waals surface area contributed by atoms with E-state index in [0.29, 0.717) is 19.5 Å². The Kier molecular flexibility index (Phi) is 3.87. The van der Waals surface area contributed by atoms with E-state index in [9.17, 15) is 9.90 Å². The van der Waals surface area contributed by atoms with Gasteiger partial charge in [-0.1, -0.05) is 18.2 Å². The highest BCUT2D eigenvalue weighted by Crippen LogP contribution is 2.21. The molecule has 1 saturated heterocycles. The summed E-state index contributed by atoms with van der Waals surface area (Å²) >= 11 is 0. The molecule has 98 valence electrons. The Morgan fingerprint density at radius 1 is 1.28 bits per heavy atom. The molecule has 1 fully saturated rings. The third-order valence-electron chi connectivity index (χ3n) is 3.38. The topological polar surface area (TPSA) is 52.6 Å². The number of aliphatic hydroxyl groups is 1. The van der Waals surface area contributed by atoms with Gasteiger partial charge in [0.05, 0.1) is 5.60 Å². The van der Waals surface area contributed by atoms with E-state index in [1.54, 1.807) is 4.90 Å². The first-order valence-corrected chi connectivity index (χ1v) is 6.40. The average molecular weight is 248 g/mol. The molecule has 18 heavy (non-hydrogen) atoms. The van der Waals surface area contributed by atoms with Crippen LogP contribution in [0, 0.1) is 0 Å². The molecule has 2 amide bonds. The van der Waals surface area contributed by atoms with Crippen molar-refractivity contribution in [3.8, 4) is 0 Å². The van der Waals surface area contributed by atoms with E-state index in [2.05, 4.69) is 5.32 Å². The van der Waals surface area contributed by atoms with Gasteiger partial charge in [-0.3, -0.25) is 0 Å². The molecule has 0 aliphatic carbocycles. The van der Waals surface area contributed by atoms with Gasteiger partial charge in [-0.05, 0) is 38.3 Å². The molecule has 1 aliphatic heterocycles. The second-order valence-electron chi connectivity index (χ2n) is 5.13. The maximum atomic E-state index is 12.1. The monoisotopic (exact) mass is 248 g/mol. The Labute approximate surface area is 108 Å². The van der Waals surface area contributed by atoms with Gasteiger partial charge >= 0.3 is 6.03 Å². The van der Waals surface area contributed by atoms with Crippen LogP contribution in [0.1, 0.15) is 26.2 Å². The fourth-order valence-corrected chi connectivity index (χ4v) is 2.19. The summed E-state index contributed by atoms with van der Waals surface area (Å²) < 4.78 is 0. The third-order valence-corrected chi connectivity index (χ3v) is 3.38. The first-order chi connectivity index (χ1) is 8.57. The molecular weight excluding hydrogens is 228 g/mol. The molecule has 4 heteroatoms. The Bertz CT molecular complexity index is 404. The van der Waals surface area contributed by atoms with Crippen LogP contribution in [0.5, 0.6) is 0 Å². The van der Waals surface area contributed by atoms with Gasteiger partial charge in [-0.15, -0.1) is 0 Å². The normalized spacial score (nSPS) is 24.4. The molecule has 0 spiro atoms. The lowest BCUT2D eigenvalue weighted by Gasteiger charge is -2.22. The molecule has 1 atom stereocenters. The van der Waals surface area contributed by atoms with E-state index in [4.69, 9.17) is 0 Å². The second-order valence-corrected chi connectivity index (χ2v) is 5.13. The number of carbonyl (C=O) groups is 1. The standard InChI is InChI=1S/C14H20N2O2/c1-14(18)8-5-10-16(11-9-14)13(17)15-12-6-3-2-4-7-12/h2-4,6-7,18H,5,8-11H2,1H3,(H,15,17). The van der Waals surface area contributed by atoms with Crippen molar-refractivity contribution < 1.29 is 9.90 Å². The van der Waals surface area contributed by atoms with Gasteiger partial charge in [0.15, 0.2) is 0 Å². The van der Waals surface area contributed by atoms with E-state index < -0.39 is 5.60 Å². The molecule has 1 heterocycles. The smallest absolute Gasteiger partial charge is 0.321 e. The quantitative estimate of drug-likeness (QED) is 0.802. The van der Waals surface area contributed by atoms with Crippen molar-refractivity contribution in [2.75, 3.05) is 18.4 Å². The molecule has 1 unspecified atom stereocenters. The predicted octanol–water partition coefficient (Wildman–Crippen LogP) is 2.46. The highest BCUT2D eigenvalue weighted by Gasteiger charge is 2.26. The largest absolute Gasteiger partial charge is 0.390 e. The van der Waals surface area contributed by atoms with Crippen LogP contribution in [-0.2, 0) is 0 Å². The Morgan fingerprint density at radius 3 is 2.72 bits per heavy atom. The zero-order valence-electron chi connectivity index (χ0n) is 10.7. The maximum Gasteiger partial charge on any atom is 0.321 e. The van der Waals surface area contributed by atoms with Gasteiger partial charge in [0.2, 0.25) is 0 Å². The first-order valence-electron chi connectivity index (χ1n) is 6.40. The maximum absolute atomic E-state index is 12.1. The highest BCUT2D eigenvalue weighted by molar-refractivity contribution is 5.89. The van der Waals surface area contributed by atoms with Crippen LogP contribution in [0.25, 0.3) is 0 Å². The Hall–Kier alpha value is -1.55. The number of hydrogen-bond donors (Lipinski definition) is 2. The molecule has 1 aliphatic rings. The zero-order chi connectivity index (χ0) is 13.0. The van der Waals surface area contributed by atoms with Gasteiger partial charge < -0.3 is 15.3 Å². The lowest BCUT2D eigenvalue weighted by molar-refractivity contribution is 0.0458. The molecule has 0 saturated carbocycles. The molecule has 2 rings (SSSR count). The molecule has 1 aromatic rings. The van der Waals surface area contributed by atoms with Crippen LogP contribution >= 0.6 is 0 Å². The zero-order valence-corrected chi connectivity index (χ0v) is 10.7. The number of para-hydroxylation sites is 1. The van der Waals surface area contributed by atoms with E-state index in [0.717, 1.165) is 18.5 Å². The van der Waals surface area contributed by atoms with Crippen LogP contribution in [0.4, 0.5) is 10.5 Å². The summed E-state index contributed by atoms with van der Waals surface area (Å²) in [6.07, 6.45) is 2.23. The molecule has 0 radical (unpaired) electrons. The fraction of sp³-hybridized carbons (Fsp3) is 0.500. The second kappa shape index (κ2) is 5.40. The number of anilines is 1. The van der Waals surface area contributed by atoms with Gasteiger partial charge in [-0.2, -0.15) is 0 Å². The Morgan fingerprint density at radius 2 is 2.00 bits per heavy atom. The van der Waals surface area contributed by atoms with Gasteiger partial charge in [0, 0.05) is 18.8 Å². The van der Waals surface area contributed by atoms with Crippen molar-refractivity contribution in [2.45, 2.75) is 31.8 Å². The lowest BCUT2D eigenvalue weighted by Crippen LogP contribution is -2.36. The van der Waals surface area contributed by atoms with E-state index in [1.807, 2.05) is 37.3 Å². The molecule has 4 nitrogen and oxygen atoms in total. The predicted molar refractivity (Wildman–Crippen MR) is 71.5 cm³/mol. The van der Waals surface area contributed by atoms with E-state index in [1.165, 1.54) is 0 Å². The average Bonchev–Trinajstić information content (AvgIpc) is 2.51. The summed E-state index contributed by atoms with van der Waals surface area (Å²) in [5.41, 5.74) is 0.167. The third kappa shape index (κ3) is 3.47. The number of benzene rings is 1.